The molecule has 0 fully saturated rings. The van der Waals surface area contributed by atoms with Crippen molar-refractivity contribution in [1.82, 2.24) is 9.97 Å². The molecule has 0 bridgehead atoms. The summed E-state index contributed by atoms with van der Waals surface area (Å²) in [5.74, 6) is -0.298. The fourth-order valence-electron chi connectivity index (χ4n) is 1.22. The third-order valence-corrected chi connectivity index (χ3v) is 2.98. The number of benzene rings is 1. The monoisotopic (exact) mass is 297 g/mol. The molecule has 0 unspecified atom stereocenters. The van der Waals surface area contributed by atoms with Crippen molar-refractivity contribution >= 4 is 21.6 Å². The van der Waals surface area contributed by atoms with Gasteiger partial charge in [-0.25, -0.2) is 4.98 Å². The van der Waals surface area contributed by atoms with E-state index in [1.165, 1.54) is 13.3 Å². The first-order valence-electron chi connectivity index (χ1n) is 4.78. The van der Waals surface area contributed by atoms with Crippen LogP contribution >= 0.6 is 15.9 Å². The van der Waals surface area contributed by atoms with Crippen LogP contribution in [0.2, 0.25) is 0 Å². The highest BCUT2D eigenvalue weighted by molar-refractivity contribution is 9.10. The number of halogens is 2. The Kier molecular flexibility index (Phi) is 3.23. The molecule has 0 saturated heterocycles. The number of nitrogens with zero attached hydrogens (tertiary/aromatic N) is 2. The van der Waals surface area contributed by atoms with E-state index in [-0.39, 0.29) is 11.6 Å². The van der Waals surface area contributed by atoms with Crippen LogP contribution in [0.3, 0.4) is 0 Å². The lowest BCUT2D eigenvalue weighted by Gasteiger charge is -2.09. The van der Waals surface area contributed by atoms with E-state index in [0.717, 1.165) is 0 Å². The maximum Gasteiger partial charge on any atom is 0.259 e. The lowest BCUT2D eigenvalue weighted by Crippen LogP contribution is -1.98. The lowest BCUT2D eigenvalue weighted by atomic mass is 10.3. The minimum atomic E-state index is -0.582. The van der Waals surface area contributed by atoms with Crippen molar-refractivity contribution in [3.05, 3.63) is 40.5 Å². The molecule has 6 heteroatoms. The predicted molar refractivity (Wildman–Crippen MR) is 65.4 cm³/mol. The highest BCUT2D eigenvalue weighted by atomic mass is 79.9. The number of nitrogen functional groups attached to an aromatic ring is 1. The van der Waals surface area contributed by atoms with Gasteiger partial charge >= 0.3 is 0 Å². The molecule has 88 valence electrons. The first-order chi connectivity index (χ1) is 8.09. The molecule has 0 radical (unpaired) electrons. The summed E-state index contributed by atoms with van der Waals surface area (Å²) in [6, 6.07) is 5.08. The summed E-state index contributed by atoms with van der Waals surface area (Å²) in [4.78, 5) is 7.45. The van der Waals surface area contributed by atoms with Crippen LogP contribution in [0.15, 0.2) is 29.0 Å². The minimum Gasteiger partial charge on any atom is -0.435 e. The molecule has 0 aliphatic heterocycles. The molecule has 0 spiro atoms. The number of aryl methyl sites for hydroxylation is 1. The third-order valence-electron chi connectivity index (χ3n) is 2.13. The topological polar surface area (TPSA) is 61.0 Å². The van der Waals surface area contributed by atoms with Crippen LogP contribution in [-0.2, 0) is 0 Å². The molecule has 0 saturated carbocycles. The summed E-state index contributed by atoms with van der Waals surface area (Å²) in [5, 5.41) is 0. The second kappa shape index (κ2) is 4.67. The first kappa shape index (κ1) is 11.8. The number of aromatic nitrogens is 2. The van der Waals surface area contributed by atoms with E-state index >= 15 is 0 Å². The molecular weight excluding hydrogens is 289 g/mol. The van der Waals surface area contributed by atoms with E-state index < -0.39 is 5.82 Å². The van der Waals surface area contributed by atoms with Crippen LogP contribution in [0.5, 0.6) is 11.6 Å². The van der Waals surface area contributed by atoms with E-state index in [1.54, 1.807) is 18.2 Å². The van der Waals surface area contributed by atoms with Crippen LogP contribution in [0, 0.1) is 12.7 Å². The second-order valence-corrected chi connectivity index (χ2v) is 4.13. The maximum atomic E-state index is 13.6. The highest BCUT2D eigenvalue weighted by Crippen LogP contribution is 2.33. The number of hydrogen-bond acceptors (Lipinski definition) is 4. The van der Waals surface area contributed by atoms with Crippen molar-refractivity contribution in [2.45, 2.75) is 6.92 Å². The zero-order valence-corrected chi connectivity index (χ0v) is 10.5. The third kappa shape index (κ3) is 2.36. The molecule has 0 amide bonds. The van der Waals surface area contributed by atoms with Crippen LogP contribution in [-0.4, -0.2) is 9.97 Å². The van der Waals surface area contributed by atoms with Crippen molar-refractivity contribution in [2.24, 2.45) is 0 Å². The Labute approximate surface area is 106 Å². The molecule has 0 atom stereocenters. The van der Waals surface area contributed by atoms with Gasteiger partial charge in [-0.1, -0.05) is 6.07 Å². The fourth-order valence-corrected chi connectivity index (χ4v) is 1.56. The van der Waals surface area contributed by atoms with Crippen LogP contribution in [0.4, 0.5) is 10.1 Å². The van der Waals surface area contributed by atoms with E-state index in [0.29, 0.717) is 15.9 Å². The number of ether oxygens (including phenoxy) is 1. The Bertz CT molecular complexity index is 513. The summed E-state index contributed by atoms with van der Waals surface area (Å²) in [7, 11) is 0. The largest absolute Gasteiger partial charge is 0.435 e. The Morgan fingerprint density at radius 3 is 2.88 bits per heavy atom. The lowest BCUT2D eigenvalue weighted by molar-refractivity contribution is 0.415. The van der Waals surface area contributed by atoms with Gasteiger partial charge in [0, 0.05) is 5.69 Å². The van der Waals surface area contributed by atoms with Gasteiger partial charge in [-0.15, -0.1) is 0 Å². The molecule has 1 aromatic carbocycles. The van der Waals surface area contributed by atoms with Gasteiger partial charge in [0.05, 0.1) is 10.2 Å². The molecule has 1 heterocycles. The highest BCUT2D eigenvalue weighted by Gasteiger charge is 2.12. The summed E-state index contributed by atoms with van der Waals surface area (Å²) >= 11 is 3.26. The normalized spacial score (nSPS) is 10.3. The SMILES string of the molecule is Cc1ncnc(Oc2cccc(N)c2Br)c1F. The van der Waals surface area contributed by atoms with Gasteiger partial charge in [0.1, 0.15) is 12.1 Å². The van der Waals surface area contributed by atoms with Crippen molar-refractivity contribution in [1.29, 1.82) is 0 Å². The number of rotatable bonds is 2. The number of anilines is 1. The smallest absolute Gasteiger partial charge is 0.259 e. The Hall–Kier alpha value is -1.69. The van der Waals surface area contributed by atoms with Crippen LogP contribution < -0.4 is 10.5 Å². The Morgan fingerprint density at radius 1 is 1.35 bits per heavy atom. The maximum absolute atomic E-state index is 13.6. The van der Waals surface area contributed by atoms with Gasteiger partial charge in [0.15, 0.2) is 0 Å². The standard InChI is InChI=1S/C11H9BrFN3O/c1-6-10(13)11(16-5-15-6)17-8-4-2-3-7(14)9(8)12/h2-5H,14H2,1H3. The van der Waals surface area contributed by atoms with E-state index in [1.807, 2.05) is 0 Å². The summed E-state index contributed by atoms with van der Waals surface area (Å²) in [5.41, 5.74) is 6.43. The Balaban J connectivity index is 2.38. The predicted octanol–water partition coefficient (Wildman–Crippen LogP) is 3.06. The van der Waals surface area contributed by atoms with Crippen molar-refractivity contribution in [3.63, 3.8) is 0 Å². The molecule has 17 heavy (non-hydrogen) atoms. The minimum absolute atomic E-state index is 0.121. The van der Waals surface area contributed by atoms with Crippen LogP contribution in [0.25, 0.3) is 0 Å². The molecule has 2 aromatic rings. The van der Waals surface area contributed by atoms with Gasteiger partial charge in [0.25, 0.3) is 5.88 Å². The molecule has 2 rings (SSSR count). The van der Waals surface area contributed by atoms with Crippen molar-refractivity contribution in [2.75, 3.05) is 5.73 Å². The van der Waals surface area contributed by atoms with E-state index in [2.05, 4.69) is 25.9 Å². The summed E-state index contributed by atoms with van der Waals surface area (Å²) in [6.07, 6.45) is 1.24. The van der Waals surface area contributed by atoms with Crippen molar-refractivity contribution in [3.8, 4) is 11.6 Å². The van der Waals surface area contributed by atoms with E-state index in [9.17, 15) is 4.39 Å². The van der Waals surface area contributed by atoms with E-state index in [4.69, 9.17) is 10.5 Å². The van der Waals surface area contributed by atoms with Gasteiger partial charge in [-0.05, 0) is 35.0 Å². The fraction of sp³-hybridized carbons (Fsp3) is 0.0909. The van der Waals surface area contributed by atoms with Gasteiger partial charge in [-0.2, -0.15) is 9.37 Å². The summed E-state index contributed by atoms with van der Waals surface area (Å²) in [6.45, 7) is 1.54. The average molecular weight is 298 g/mol. The average Bonchev–Trinajstić information content (AvgIpc) is 2.31. The molecule has 4 nitrogen and oxygen atoms in total. The second-order valence-electron chi connectivity index (χ2n) is 3.34. The zero-order valence-electron chi connectivity index (χ0n) is 8.95. The van der Waals surface area contributed by atoms with Gasteiger partial charge in [0.2, 0.25) is 5.82 Å². The molecule has 0 aliphatic carbocycles. The van der Waals surface area contributed by atoms with Gasteiger partial charge in [-0.3, -0.25) is 0 Å². The number of nitrogens with two attached hydrogens (primary N) is 1. The number of hydrogen-bond donors (Lipinski definition) is 1. The molecule has 1 aromatic heterocycles. The zero-order chi connectivity index (χ0) is 12.4. The molecular formula is C11H9BrFN3O. The molecule has 2 N–H and O–H groups in total. The molecule has 0 aliphatic rings. The van der Waals surface area contributed by atoms with Crippen LogP contribution in [0.1, 0.15) is 5.69 Å². The quantitative estimate of drug-likeness (QED) is 0.866. The Morgan fingerprint density at radius 2 is 2.12 bits per heavy atom. The van der Waals surface area contributed by atoms with Gasteiger partial charge < -0.3 is 10.5 Å². The summed E-state index contributed by atoms with van der Waals surface area (Å²) < 4.78 is 19.5. The first-order valence-corrected chi connectivity index (χ1v) is 5.58. The van der Waals surface area contributed by atoms with Crippen molar-refractivity contribution < 1.29 is 9.13 Å².